The molecule has 2 aliphatic heterocycles. The van der Waals surface area contributed by atoms with Gasteiger partial charge in [0.25, 0.3) is 0 Å². The van der Waals surface area contributed by atoms with Gasteiger partial charge in [0.2, 0.25) is 0 Å². The third kappa shape index (κ3) is 3.92. The molecule has 0 radical (unpaired) electrons. The van der Waals surface area contributed by atoms with Gasteiger partial charge in [0.1, 0.15) is 16.6 Å². The first-order valence-electron chi connectivity index (χ1n) is 11.6. The van der Waals surface area contributed by atoms with Crippen LogP contribution in [0.5, 0.6) is 0 Å². The van der Waals surface area contributed by atoms with Gasteiger partial charge in [0.05, 0.1) is 18.3 Å². The number of urea groups is 1. The molecule has 2 amide bonds. The van der Waals surface area contributed by atoms with E-state index in [0.717, 1.165) is 41.3 Å². The van der Waals surface area contributed by atoms with E-state index in [1.54, 1.807) is 40.5 Å². The van der Waals surface area contributed by atoms with Crippen LogP contribution in [-0.4, -0.2) is 34.0 Å². The van der Waals surface area contributed by atoms with E-state index in [9.17, 15) is 13.6 Å². The number of carbonyl (C=O) groups excluding carboxylic acids is 1. The number of aromatic nitrogens is 1. The molecular formula is C27H24F2N4OS. The molecule has 0 spiro atoms. The fourth-order valence-corrected chi connectivity index (χ4v) is 6.52. The molecule has 1 N–H and O–H groups in total. The number of hydrogen-bond donors (Lipinski definition) is 1. The number of halogens is 2. The SMILES string of the molecule is CN1CCc2c(sc3c2CN(C(=O)Nc2ccc(F)cc2)[C@H](c2ccc(F)cc2)c2cccn2-3)C1. The number of carbonyl (C=O) groups is 1. The van der Waals surface area contributed by atoms with E-state index < -0.39 is 6.04 Å². The number of nitrogens with one attached hydrogen (secondary N) is 1. The van der Waals surface area contributed by atoms with Crippen LogP contribution in [0.15, 0.2) is 66.9 Å². The molecule has 0 fully saturated rings. The molecule has 2 aromatic carbocycles. The fraction of sp³-hybridized carbons (Fsp3) is 0.222. The number of anilines is 1. The van der Waals surface area contributed by atoms with Crippen LogP contribution in [0.4, 0.5) is 19.3 Å². The van der Waals surface area contributed by atoms with Crippen molar-refractivity contribution in [1.29, 1.82) is 0 Å². The van der Waals surface area contributed by atoms with Crippen LogP contribution in [0, 0.1) is 11.6 Å². The first-order chi connectivity index (χ1) is 17.0. The summed E-state index contributed by atoms with van der Waals surface area (Å²) in [4.78, 5) is 19.2. The van der Waals surface area contributed by atoms with Crippen molar-refractivity contribution >= 4 is 23.1 Å². The minimum Gasteiger partial charge on any atom is -0.310 e. The third-order valence-electron chi connectivity index (χ3n) is 6.80. The smallest absolute Gasteiger partial charge is 0.310 e. The van der Waals surface area contributed by atoms with Gasteiger partial charge >= 0.3 is 6.03 Å². The number of thiophene rings is 1. The highest BCUT2D eigenvalue weighted by Crippen LogP contribution is 2.43. The highest BCUT2D eigenvalue weighted by Gasteiger charge is 2.36. The maximum Gasteiger partial charge on any atom is 0.322 e. The average Bonchev–Trinajstić information content (AvgIpc) is 3.43. The molecule has 5 nitrogen and oxygen atoms in total. The van der Waals surface area contributed by atoms with Crippen molar-refractivity contribution in [2.24, 2.45) is 0 Å². The monoisotopic (exact) mass is 490 g/mol. The zero-order valence-electron chi connectivity index (χ0n) is 19.2. The van der Waals surface area contributed by atoms with E-state index in [-0.39, 0.29) is 17.7 Å². The molecule has 4 aromatic rings. The van der Waals surface area contributed by atoms with Gasteiger partial charge in [0, 0.05) is 35.4 Å². The van der Waals surface area contributed by atoms with Crippen LogP contribution in [0.3, 0.4) is 0 Å². The molecule has 0 saturated heterocycles. The largest absolute Gasteiger partial charge is 0.322 e. The first kappa shape index (κ1) is 22.0. The van der Waals surface area contributed by atoms with Gasteiger partial charge in [-0.3, -0.25) is 0 Å². The Kier molecular flexibility index (Phi) is 5.42. The van der Waals surface area contributed by atoms with E-state index in [0.29, 0.717) is 12.2 Å². The number of hydrogen-bond acceptors (Lipinski definition) is 3. The Bertz CT molecular complexity index is 1390. The number of rotatable bonds is 2. The molecule has 0 unspecified atom stereocenters. The summed E-state index contributed by atoms with van der Waals surface area (Å²) in [5.41, 5.74) is 4.76. The van der Waals surface area contributed by atoms with Crippen molar-refractivity contribution in [2.45, 2.75) is 25.6 Å². The minimum atomic E-state index is -0.424. The Morgan fingerprint density at radius 1 is 0.971 bits per heavy atom. The van der Waals surface area contributed by atoms with Gasteiger partial charge in [-0.1, -0.05) is 12.1 Å². The summed E-state index contributed by atoms with van der Waals surface area (Å²) >= 11 is 1.78. The molecule has 0 bridgehead atoms. The predicted molar refractivity (Wildman–Crippen MR) is 133 cm³/mol. The highest BCUT2D eigenvalue weighted by atomic mass is 32.1. The fourth-order valence-electron chi connectivity index (χ4n) is 5.08. The normalized spacial score (nSPS) is 17.3. The topological polar surface area (TPSA) is 40.5 Å². The van der Waals surface area contributed by atoms with Gasteiger partial charge in [-0.2, -0.15) is 0 Å². The molecule has 1 atom stereocenters. The van der Waals surface area contributed by atoms with E-state index >= 15 is 0 Å². The van der Waals surface area contributed by atoms with Gasteiger partial charge < -0.3 is 19.7 Å². The van der Waals surface area contributed by atoms with Crippen molar-refractivity contribution in [2.75, 3.05) is 18.9 Å². The second-order valence-corrected chi connectivity index (χ2v) is 10.2. The molecule has 178 valence electrons. The quantitative estimate of drug-likeness (QED) is 0.378. The van der Waals surface area contributed by atoms with Gasteiger partial charge in [0.15, 0.2) is 0 Å². The summed E-state index contributed by atoms with van der Waals surface area (Å²) in [7, 11) is 2.13. The van der Waals surface area contributed by atoms with Crippen LogP contribution in [0.1, 0.15) is 33.3 Å². The Morgan fingerprint density at radius 3 is 2.43 bits per heavy atom. The standard InChI is InChI=1S/C27H24F2N4OS/c1-31-14-12-21-22-15-33(27(34)30-20-10-8-19(29)9-11-20)25(17-4-6-18(28)7-5-17)23-3-2-13-32(23)26(22)35-24(21)16-31/h2-11,13,25H,12,14-16H2,1H3,(H,30,34)/t25-/m1/s1. The van der Waals surface area contributed by atoms with Crippen molar-refractivity contribution in [3.63, 3.8) is 0 Å². The van der Waals surface area contributed by atoms with Crippen molar-refractivity contribution < 1.29 is 13.6 Å². The highest BCUT2D eigenvalue weighted by molar-refractivity contribution is 7.15. The lowest BCUT2D eigenvalue weighted by Crippen LogP contribution is -2.38. The number of benzene rings is 2. The van der Waals surface area contributed by atoms with E-state index in [1.165, 1.54) is 34.7 Å². The van der Waals surface area contributed by atoms with E-state index in [1.807, 2.05) is 18.3 Å². The number of likely N-dealkylation sites (N-methyl/N-ethyl adjacent to an activating group) is 1. The number of amides is 2. The van der Waals surface area contributed by atoms with Crippen LogP contribution in [0.25, 0.3) is 5.00 Å². The number of fused-ring (bicyclic) bond motifs is 5. The predicted octanol–water partition coefficient (Wildman–Crippen LogP) is 5.94. The third-order valence-corrected chi connectivity index (χ3v) is 8.06. The summed E-state index contributed by atoms with van der Waals surface area (Å²) in [5.74, 6) is -0.684. The van der Waals surface area contributed by atoms with E-state index in [2.05, 4.69) is 21.8 Å². The van der Waals surface area contributed by atoms with Crippen molar-refractivity contribution in [3.8, 4) is 5.00 Å². The lowest BCUT2D eigenvalue weighted by atomic mass is 10.0. The molecule has 0 aliphatic carbocycles. The minimum absolute atomic E-state index is 0.292. The van der Waals surface area contributed by atoms with Gasteiger partial charge in [-0.15, -0.1) is 11.3 Å². The molecule has 2 aromatic heterocycles. The zero-order valence-corrected chi connectivity index (χ0v) is 20.0. The van der Waals surface area contributed by atoms with Crippen LogP contribution in [0.2, 0.25) is 0 Å². The second kappa shape index (κ2) is 8.62. The average molecular weight is 491 g/mol. The molecule has 8 heteroatoms. The lowest BCUT2D eigenvalue weighted by Gasteiger charge is -2.32. The summed E-state index contributed by atoms with van der Waals surface area (Å²) in [6.45, 7) is 2.28. The Labute approximate surface area is 206 Å². The van der Waals surface area contributed by atoms with Crippen LogP contribution < -0.4 is 5.32 Å². The van der Waals surface area contributed by atoms with Crippen molar-refractivity contribution in [3.05, 3.63) is 106 Å². The molecule has 35 heavy (non-hydrogen) atoms. The summed E-state index contributed by atoms with van der Waals surface area (Å²) in [5, 5.41) is 4.08. The summed E-state index contributed by atoms with van der Waals surface area (Å²) in [6, 6.07) is 15.4. The van der Waals surface area contributed by atoms with Crippen molar-refractivity contribution in [1.82, 2.24) is 14.4 Å². The maximum atomic E-state index is 13.8. The zero-order chi connectivity index (χ0) is 24.1. The molecule has 0 saturated carbocycles. The Hall–Kier alpha value is -3.49. The summed E-state index contributed by atoms with van der Waals surface area (Å²) < 4.78 is 29.4. The second-order valence-electron chi connectivity index (χ2n) is 9.10. The molecule has 2 aliphatic rings. The summed E-state index contributed by atoms with van der Waals surface area (Å²) in [6.07, 6.45) is 2.97. The molecular weight excluding hydrogens is 466 g/mol. The van der Waals surface area contributed by atoms with Gasteiger partial charge in [-0.05, 0) is 73.1 Å². The van der Waals surface area contributed by atoms with Crippen LogP contribution in [-0.2, 0) is 19.5 Å². The Balaban J connectivity index is 1.48. The van der Waals surface area contributed by atoms with Gasteiger partial charge in [-0.25, -0.2) is 13.6 Å². The lowest BCUT2D eigenvalue weighted by molar-refractivity contribution is 0.194. The van der Waals surface area contributed by atoms with E-state index in [4.69, 9.17) is 0 Å². The first-order valence-corrected chi connectivity index (χ1v) is 12.4. The molecule has 4 heterocycles. The maximum absolute atomic E-state index is 13.8. The van der Waals surface area contributed by atoms with Crippen LogP contribution >= 0.6 is 11.3 Å². The Morgan fingerprint density at radius 2 is 1.69 bits per heavy atom. The molecule has 6 rings (SSSR count). The number of nitrogens with zero attached hydrogens (tertiary/aromatic N) is 3.